The molecule has 0 saturated carbocycles. The second-order valence-electron chi connectivity index (χ2n) is 8.16. The Balaban J connectivity index is 0.000000565. The summed E-state index contributed by atoms with van der Waals surface area (Å²) in [5.74, 6) is 0.0752. The van der Waals surface area contributed by atoms with Crippen molar-refractivity contribution in [1.29, 1.82) is 0 Å². The summed E-state index contributed by atoms with van der Waals surface area (Å²) >= 11 is 0. The van der Waals surface area contributed by atoms with Gasteiger partial charge in [0.1, 0.15) is 0 Å². The summed E-state index contributed by atoms with van der Waals surface area (Å²) in [5, 5.41) is 0. The van der Waals surface area contributed by atoms with Crippen molar-refractivity contribution in [3.63, 3.8) is 0 Å². The number of unbranched alkanes of at least 4 members (excludes halogenated alkanes) is 13. The van der Waals surface area contributed by atoms with Gasteiger partial charge in [-0.05, 0) is 0 Å². The van der Waals surface area contributed by atoms with E-state index < -0.39 is 0 Å². The molecule has 31 heavy (non-hydrogen) atoms. The van der Waals surface area contributed by atoms with Gasteiger partial charge < -0.3 is 6.92 Å². The molecule has 0 N–H and O–H groups in total. The fraction of sp³-hybridized carbons (Fsp3) is 0.517. The molecule has 2 aromatic rings. The molecule has 0 amide bonds. The summed E-state index contributed by atoms with van der Waals surface area (Å²) in [7, 11) is 0. The summed E-state index contributed by atoms with van der Waals surface area (Å²) in [6.07, 6.45) is 19.8. The van der Waals surface area contributed by atoms with Crippen LogP contribution in [0.25, 0.3) is 0 Å². The minimum absolute atomic E-state index is 0. The third-order valence-corrected chi connectivity index (χ3v) is 5.43. The molecule has 0 atom stereocenters. The Morgan fingerprint density at radius 2 is 0.903 bits per heavy atom. The molecule has 0 aliphatic rings. The van der Waals surface area contributed by atoms with Gasteiger partial charge in [-0.25, -0.2) is 0 Å². The summed E-state index contributed by atoms with van der Waals surface area (Å²) in [4.78, 5) is 11.8. The Morgan fingerprint density at radius 1 is 0.581 bits per heavy atom. The maximum absolute atomic E-state index is 11.8. The van der Waals surface area contributed by atoms with E-state index in [-0.39, 0.29) is 57.2 Å². The molecule has 2 aromatic carbocycles. The predicted molar refractivity (Wildman–Crippen MR) is 132 cm³/mol. The maximum atomic E-state index is 11.8. The van der Waals surface area contributed by atoms with Crippen LogP contribution in [0.4, 0.5) is 0 Å². The van der Waals surface area contributed by atoms with Gasteiger partial charge in [0.15, 0.2) is 5.78 Å². The van der Waals surface area contributed by atoms with Crippen molar-refractivity contribution in [2.45, 2.75) is 96.8 Å². The fourth-order valence-electron chi connectivity index (χ4n) is 3.54. The van der Waals surface area contributed by atoms with Gasteiger partial charge in [0.05, 0.1) is 0 Å². The molecule has 2 rings (SSSR count). The van der Waals surface area contributed by atoms with E-state index in [0.29, 0.717) is 0 Å². The van der Waals surface area contributed by atoms with E-state index in [1.165, 1.54) is 83.5 Å². The van der Waals surface area contributed by atoms with E-state index in [2.05, 4.69) is 13.8 Å². The molecule has 0 saturated heterocycles. The Morgan fingerprint density at radius 3 is 1.23 bits per heavy atom. The summed E-state index contributed by atoms with van der Waals surface area (Å²) < 4.78 is 0. The average Bonchev–Trinajstić information content (AvgIpc) is 2.81. The van der Waals surface area contributed by atoms with Crippen molar-refractivity contribution < 1.29 is 56.2 Å². The van der Waals surface area contributed by atoms with E-state index in [9.17, 15) is 4.79 Å². The molecule has 0 fully saturated rings. The SMILES string of the molecule is O=C(c1ccccc1)c1ccccc1.[CH2-]CCCCCCCCCCCCCCC.[K+]. The normalized spacial score (nSPS) is 10.0. The first-order valence-corrected chi connectivity index (χ1v) is 12.2. The topological polar surface area (TPSA) is 17.1 Å². The summed E-state index contributed by atoms with van der Waals surface area (Å²) in [6.45, 7) is 6.16. The quantitative estimate of drug-likeness (QED) is 0.137. The first-order valence-electron chi connectivity index (χ1n) is 12.2. The number of carbonyl (C=O) groups is 1. The van der Waals surface area contributed by atoms with Gasteiger partial charge in [-0.15, -0.1) is 0 Å². The van der Waals surface area contributed by atoms with Gasteiger partial charge in [-0.2, -0.15) is 6.42 Å². The first-order chi connectivity index (χ1) is 14.8. The molecule has 0 aliphatic heterocycles. The molecule has 1 nitrogen and oxygen atoms in total. The van der Waals surface area contributed by atoms with Crippen molar-refractivity contribution >= 4 is 5.78 Å². The van der Waals surface area contributed by atoms with Crippen LogP contribution in [-0.2, 0) is 0 Å². The third-order valence-electron chi connectivity index (χ3n) is 5.43. The van der Waals surface area contributed by atoms with E-state index in [1.807, 2.05) is 60.7 Å². The van der Waals surface area contributed by atoms with Crippen LogP contribution in [0.5, 0.6) is 0 Å². The summed E-state index contributed by atoms with van der Waals surface area (Å²) in [6, 6.07) is 18.6. The van der Waals surface area contributed by atoms with Gasteiger partial charge in [-0.1, -0.05) is 151 Å². The number of benzene rings is 2. The van der Waals surface area contributed by atoms with Crippen molar-refractivity contribution in [1.82, 2.24) is 0 Å². The Labute approximate surface area is 235 Å². The average molecular weight is 447 g/mol. The molecular formula is C29H43KO. The predicted octanol–water partition coefficient (Wildman–Crippen LogP) is 6.22. The number of rotatable bonds is 15. The van der Waals surface area contributed by atoms with Crippen LogP contribution < -0.4 is 51.4 Å². The smallest absolute Gasteiger partial charge is 0.343 e. The molecule has 0 radical (unpaired) electrons. The number of ketones is 1. The first kappa shape index (κ1) is 30.7. The Kier molecular flexibility index (Phi) is 22.7. The zero-order valence-corrected chi connectivity index (χ0v) is 23.4. The molecule has 0 heterocycles. The van der Waals surface area contributed by atoms with Crippen molar-refractivity contribution in [3.8, 4) is 0 Å². The number of hydrogen-bond acceptors (Lipinski definition) is 1. The molecule has 0 bridgehead atoms. The summed E-state index contributed by atoms with van der Waals surface area (Å²) in [5.41, 5.74) is 1.47. The molecule has 0 aliphatic carbocycles. The van der Waals surface area contributed by atoms with Gasteiger partial charge in [-0.3, -0.25) is 4.79 Å². The van der Waals surface area contributed by atoms with Crippen LogP contribution in [-0.4, -0.2) is 5.78 Å². The van der Waals surface area contributed by atoms with Gasteiger partial charge in [0.25, 0.3) is 0 Å². The van der Waals surface area contributed by atoms with Gasteiger partial charge >= 0.3 is 51.4 Å². The van der Waals surface area contributed by atoms with Crippen LogP contribution in [0, 0.1) is 6.92 Å². The zero-order valence-electron chi connectivity index (χ0n) is 20.3. The van der Waals surface area contributed by atoms with Gasteiger partial charge in [0.2, 0.25) is 0 Å². The minimum atomic E-state index is 0. The third kappa shape index (κ3) is 17.0. The Bertz CT molecular complexity index is 568. The molecule has 166 valence electrons. The fourth-order valence-corrected chi connectivity index (χ4v) is 3.54. The molecular weight excluding hydrogens is 403 g/mol. The van der Waals surface area contributed by atoms with E-state index in [4.69, 9.17) is 0 Å². The van der Waals surface area contributed by atoms with Crippen molar-refractivity contribution in [2.24, 2.45) is 0 Å². The van der Waals surface area contributed by atoms with Crippen LogP contribution in [0.1, 0.15) is 113 Å². The molecule has 2 heteroatoms. The minimum Gasteiger partial charge on any atom is -0.343 e. The van der Waals surface area contributed by atoms with E-state index in [0.717, 1.165) is 17.5 Å². The van der Waals surface area contributed by atoms with Crippen LogP contribution in [0.2, 0.25) is 0 Å². The van der Waals surface area contributed by atoms with Gasteiger partial charge in [0, 0.05) is 11.1 Å². The van der Waals surface area contributed by atoms with Crippen LogP contribution >= 0.6 is 0 Å². The Hall–Kier alpha value is -0.254. The standard InChI is InChI=1S/C16H33.C13H10O.K/c1-3-5-7-9-11-13-15-16-14-12-10-8-6-4-2;14-13(11-7-3-1-4-8-11)12-9-5-2-6-10-12;/h1,3-16H2,2H3;1-10H;/q-1;;+1. The second-order valence-corrected chi connectivity index (χ2v) is 8.16. The van der Waals surface area contributed by atoms with E-state index in [1.54, 1.807) is 0 Å². The van der Waals surface area contributed by atoms with Crippen molar-refractivity contribution in [3.05, 3.63) is 78.7 Å². The molecule has 0 unspecified atom stereocenters. The monoisotopic (exact) mass is 446 g/mol. The maximum Gasteiger partial charge on any atom is 1.00 e. The van der Waals surface area contributed by atoms with Crippen LogP contribution in [0.15, 0.2) is 60.7 Å². The number of carbonyl (C=O) groups excluding carboxylic acids is 1. The van der Waals surface area contributed by atoms with Crippen LogP contribution in [0.3, 0.4) is 0 Å². The number of hydrogen-bond donors (Lipinski definition) is 0. The largest absolute Gasteiger partial charge is 1.00 e. The zero-order chi connectivity index (χ0) is 21.7. The van der Waals surface area contributed by atoms with E-state index >= 15 is 0 Å². The second kappa shape index (κ2) is 22.9. The molecule has 0 spiro atoms. The van der Waals surface area contributed by atoms with Crippen molar-refractivity contribution in [2.75, 3.05) is 0 Å². The molecule has 0 aromatic heterocycles.